The summed E-state index contributed by atoms with van der Waals surface area (Å²) in [5.41, 5.74) is 0.369. The number of tetrazole rings is 1. The smallest absolute Gasteiger partial charge is 0.352 e. The average molecular weight is 720 g/mol. The van der Waals surface area contributed by atoms with Crippen LogP contribution in [-0.2, 0) is 28.8 Å². The van der Waals surface area contributed by atoms with Crippen molar-refractivity contribution in [2.75, 3.05) is 43.6 Å². The van der Waals surface area contributed by atoms with Gasteiger partial charge in [-0.1, -0.05) is 22.9 Å². The number of aliphatic carboxylic acids is 1. The van der Waals surface area contributed by atoms with Crippen molar-refractivity contribution in [3.63, 3.8) is 0 Å². The zero-order chi connectivity index (χ0) is 35.6. The lowest BCUT2D eigenvalue weighted by molar-refractivity contribution is -0.163. The lowest BCUT2D eigenvalue weighted by atomic mass is 9.94. The van der Waals surface area contributed by atoms with Gasteiger partial charge in [0.25, 0.3) is 5.91 Å². The number of nitrogens with zero attached hydrogens (tertiary/aromatic N) is 7. The number of thioether (sulfide) groups is 2. The van der Waals surface area contributed by atoms with Crippen molar-refractivity contribution in [3.05, 3.63) is 35.0 Å². The van der Waals surface area contributed by atoms with E-state index < -0.39 is 64.2 Å². The number of likely N-dealkylation sites (N-methyl/N-ethyl adjacent to an activating group) is 1. The Bertz CT molecular complexity index is 1770. The average Bonchev–Trinajstić information content (AvgIpc) is 3.55. The summed E-state index contributed by atoms with van der Waals surface area (Å²) in [4.78, 5) is 94.3. The van der Waals surface area contributed by atoms with Gasteiger partial charge in [-0.3, -0.25) is 33.8 Å². The molecule has 21 nitrogen and oxygen atoms in total. The molecule has 49 heavy (non-hydrogen) atoms. The van der Waals surface area contributed by atoms with Gasteiger partial charge in [0, 0.05) is 38.2 Å². The molecule has 3 aliphatic rings. The largest absolute Gasteiger partial charge is 0.504 e. The summed E-state index contributed by atoms with van der Waals surface area (Å²) in [6, 6.07) is 0.218. The van der Waals surface area contributed by atoms with Gasteiger partial charge in [-0.2, -0.15) is 0 Å². The molecule has 7 amide bonds. The molecule has 7 N–H and O–H groups in total. The van der Waals surface area contributed by atoms with Gasteiger partial charge in [-0.25, -0.2) is 9.59 Å². The Labute approximate surface area is 284 Å². The Morgan fingerprint density at radius 1 is 1.16 bits per heavy atom. The summed E-state index contributed by atoms with van der Waals surface area (Å²) in [6.45, 7) is 1.72. The minimum Gasteiger partial charge on any atom is -0.504 e. The number of benzene rings is 1. The summed E-state index contributed by atoms with van der Waals surface area (Å²) in [5, 5.41) is 47.4. The van der Waals surface area contributed by atoms with Crippen LogP contribution in [0, 0.1) is 0 Å². The molecule has 0 aliphatic carbocycles. The van der Waals surface area contributed by atoms with E-state index in [-0.39, 0.29) is 48.8 Å². The van der Waals surface area contributed by atoms with Crippen LogP contribution < -0.4 is 21.4 Å². The number of aromatic hydroxyl groups is 2. The molecule has 0 saturated carbocycles. The van der Waals surface area contributed by atoms with Gasteiger partial charge >= 0.3 is 23.8 Å². The molecule has 0 bridgehead atoms. The van der Waals surface area contributed by atoms with Crippen LogP contribution in [0.1, 0.15) is 18.5 Å². The molecule has 1 aromatic carbocycles. The number of urea groups is 1. The second kappa shape index (κ2) is 13.9. The zero-order valence-corrected chi connectivity index (χ0v) is 27.3. The summed E-state index contributed by atoms with van der Waals surface area (Å²) in [5.74, 6) is -6.78. The Morgan fingerprint density at radius 3 is 2.57 bits per heavy atom. The third-order valence-electron chi connectivity index (χ3n) is 7.79. The summed E-state index contributed by atoms with van der Waals surface area (Å²) in [7, 11) is 1.57. The van der Waals surface area contributed by atoms with E-state index in [4.69, 9.17) is 0 Å². The van der Waals surface area contributed by atoms with E-state index in [1.54, 1.807) is 14.0 Å². The number of carboxylic acids is 1. The zero-order valence-electron chi connectivity index (χ0n) is 25.6. The number of carboxylic acid groups (broad SMARTS) is 1. The number of phenols is 2. The first-order valence-corrected chi connectivity index (χ1v) is 16.4. The number of nitrogens with one attached hydrogen (secondary N) is 4. The quantitative estimate of drug-likeness (QED) is 0.0293. The highest BCUT2D eigenvalue weighted by atomic mass is 32.2. The van der Waals surface area contributed by atoms with Gasteiger partial charge in [-0.15, -0.1) is 16.6 Å². The number of hydrogen-bond acceptors (Lipinski definition) is 15. The lowest BCUT2D eigenvalue weighted by Gasteiger charge is -2.56. The van der Waals surface area contributed by atoms with Crippen LogP contribution in [0.5, 0.6) is 11.5 Å². The van der Waals surface area contributed by atoms with E-state index >= 15 is 0 Å². The van der Waals surface area contributed by atoms with Crippen LogP contribution >= 0.6 is 23.5 Å². The number of amides is 7. The van der Waals surface area contributed by atoms with Crippen LogP contribution in [-0.4, -0.2) is 142 Å². The number of fused-ring (bicyclic) bond motifs is 1. The SMILES string of the molecule is CCN1CCN(C(=O)NC(C(=O)N[C@]2(NC=O)C(=O)N3C(C(=O)O)=C(CSc4nnnn4NC)CS[C@H]32)c2ccc(O)c(O)c2)C(=O)C1=O. The first kappa shape index (κ1) is 34.7. The molecule has 2 fully saturated rings. The Morgan fingerprint density at radius 2 is 1.92 bits per heavy atom. The van der Waals surface area contributed by atoms with Crippen molar-refractivity contribution in [1.29, 1.82) is 0 Å². The second-order valence-corrected chi connectivity index (χ2v) is 12.5. The Hall–Kier alpha value is -5.58. The van der Waals surface area contributed by atoms with Crippen LogP contribution in [0.4, 0.5) is 4.79 Å². The number of carbonyl (C=O) groups is 7. The molecule has 260 valence electrons. The molecule has 3 atom stereocenters. The van der Waals surface area contributed by atoms with Gasteiger partial charge in [0.1, 0.15) is 17.1 Å². The fraction of sp³-hybridized carbons (Fsp3) is 0.385. The highest BCUT2D eigenvalue weighted by molar-refractivity contribution is 8.01. The fourth-order valence-corrected chi connectivity index (χ4v) is 7.77. The van der Waals surface area contributed by atoms with E-state index in [0.717, 1.165) is 40.6 Å². The molecular weight excluding hydrogens is 690 g/mol. The van der Waals surface area contributed by atoms with E-state index in [1.165, 1.54) is 15.8 Å². The van der Waals surface area contributed by atoms with Gasteiger partial charge in [0.05, 0.1) is 0 Å². The molecule has 2 aromatic rings. The molecule has 1 unspecified atom stereocenters. The van der Waals surface area contributed by atoms with Gasteiger partial charge in [-0.05, 0) is 40.6 Å². The van der Waals surface area contributed by atoms with E-state index in [0.29, 0.717) is 15.6 Å². The van der Waals surface area contributed by atoms with Crippen LogP contribution in [0.3, 0.4) is 0 Å². The van der Waals surface area contributed by atoms with Gasteiger partial charge in [0.2, 0.25) is 23.1 Å². The topological polar surface area (TPSA) is 282 Å². The van der Waals surface area contributed by atoms with Crippen molar-refractivity contribution < 1.29 is 48.9 Å². The number of phenolic OH excluding ortho intramolecular Hbond substituents is 2. The van der Waals surface area contributed by atoms with Gasteiger partial charge in [0.15, 0.2) is 11.5 Å². The minimum atomic E-state index is -2.19. The second-order valence-electron chi connectivity index (χ2n) is 10.5. The molecule has 5 rings (SSSR count). The van der Waals surface area contributed by atoms with E-state index in [9.17, 15) is 48.9 Å². The normalized spacial score (nSPS) is 21.1. The first-order valence-electron chi connectivity index (χ1n) is 14.3. The molecule has 0 spiro atoms. The molecule has 1 aromatic heterocycles. The number of piperazine rings is 1. The van der Waals surface area contributed by atoms with E-state index in [1.807, 2.05) is 0 Å². The Kier molecular flexibility index (Phi) is 9.84. The van der Waals surface area contributed by atoms with Crippen LogP contribution in [0.25, 0.3) is 0 Å². The third kappa shape index (κ3) is 6.24. The highest BCUT2D eigenvalue weighted by Crippen LogP contribution is 2.46. The molecule has 3 aliphatic heterocycles. The van der Waals surface area contributed by atoms with Crippen molar-refractivity contribution in [2.24, 2.45) is 0 Å². The third-order valence-corrected chi connectivity index (χ3v) is 10.2. The van der Waals surface area contributed by atoms with Gasteiger partial charge < -0.3 is 41.6 Å². The Balaban J connectivity index is 1.42. The monoisotopic (exact) mass is 719 g/mol. The van der Waals surface area contributed by atoms with Crippen molar-refractivity contribution in [2.45, 2.75) is 29.2 Å². The van der Waals surface area contributed by atoms with Crippen LogP contribution in [0.2, 0.25) is 0 Å². The molecule has 4 heterocycles. The number of aromatic nitrogens is 4. The lowest BCUT2D eigenvalue weighted by Crippen LogP contribution is -2.85. The number of β-lactam (4-membered cyclic amide) rings is 1. The first-order chi connectivity index (χ1) is 23.4. The minimum absolute atomic E-state index is 0.0351. The summed E-state index contributed by atoms with van der Waals surface area (Å²) < 4.78 is 0. The molecule has 0 radical (unpaired) electrons. The number of rotatable bonds is 12. The molecular formula is C26H29N11O10S2. The predicted molar refractivity (Wildman–Crippen MR) is 167 cm³/mol. The summed E-state index contributed by atoms with van der Waals surface area (Å²) in [6.07, 6.45) is 0.140. The van der Waals surface area contributed by atoms with E-state index in [2.05, 4.69) is 36.9 Å². The van der Waals surface area contributed by atoms with Crippen molar-refractivity contribution in [1.82, 2.24) is 51.0 Å². The maximum atomic E-state index is 13.9. The predicted octanol–water partition coefficient (Wildman–Crippen LogP) is -2.70. The molecule has 23 heteroatoms. The van der Waals surface area contributed by atoms with Crippen LogP contribution in [0.15, 0.2) is 34.6 Å². The summed E-state index contributed by atoms with van der Waals surface area (Å²) >= 11 is 2.14. The fourth-order valence-electron chi connectivity index (χ4n) is 5.33. The van der Waals surface area contributed by atoms with Crippen molar-refractivity contribution in [3.8, 4) is 11.5 Å². The highest BCUT2D eigenvalue weighted by Gasteiger charge is 2.66. The maximum Gasteiger partial charge on any atom is 0.352 e. The van der Waals surface area contributed by atoms with Crippen molar-refractivity contribution >= 4 is 65.6 Å². The number of carbonyl (C=O) groups excluding carboxylic acids is 6. The maximum absolute atomic E-state index is 13.9. The standard InChI is InChI=1S/C26H29N11O10S2/c1-3-34-6-7-35(20(43)19(34)42)24(47)29-16(12-4-5-14(39)15(40)8-12)18(41)30-26(28-11-38)22(46)36-17(21(44)45)13(9-48-23(26)36)10-49-25-31-32-33-37(25)27-2/h4-5,8,11,16,23,27,39-40H,3,6-7,9-10H2,1-2H3,(H,28,38)(H,29,47)(H,30,41)(H,44,45)/t16?,23-,26+/m0/s1. The molecule has 2 saturated heterocycles. The number of hydrogen-bond donors (Lipinski definition) is 7. The number of imide groups is 1.